The third kappa shape index (κ3) is 6.04. The maximum Gasteiger partial charge on any atom is 0.231 e. The lowest BCUT2D eigenvalue weighted by molar-refractivity contribution is 0.122. The zero-order valence-electron chi connectivity index (χ0n) is 24.4. The van der Waals surface area contributed by atoms with Gasteiger partial charge in [-0.25, -0.2) is 4.98 Å². The smallest absolute Gasteiger partial charge is 0.231 e. The molecule has 0 radical (unpaired) electrons. The fourth-order valence-electron chi connectivity index (χ4n) is 5.54. The zero-order valence-corrected chi connectivity index (χ0v) is 24.4. The van der Waals surface area contributed by atoms with Crippen LogP contribution in [0.4, 0.5) is 28.8 Å². The summed E-state index contributed by atoms with van der Waals surface area (Å²) in [6.45, 7) is 4.59. The van der Waals surface area contributed by atoms with E-state index in [0.29, 0.717) is 35.9 Å². The number of nitrogen functional groups attached to an aromatic ring is 1. The highest BCUT2D eigenvalue weighted by atomic mass is 16.5. The number of hydrogen-bond acceptors (Lipinski definition) is 8. The summed E-state index contributed by atoms with van der Waals surface area (Å²) >= 11 is 0. The molecular weight excluding hydrogens is 548 g/mol. The third-order valence-electron chi connectivity index (χ3n) is 7.76. The third-order valence-corrected chi connectivity index (χ3v) is 7.76. The molecule has 0 bridgehead atoms. The van der Waals surface area contributed by atoms with Crippen molar-refractivity contribution in [3.63, 3.8) is 0 Å². The van der Waals surface area contributed by atoms with Crippen LogP contribution in [0.25, 0.3) is 16.9 Å². The number of benzene rings is 4. The molecule has 1 aliphatic rings. The highest BCUT2D eigenvalue weighted by Gasteiger charge is 2.21. The van der Waals surface area contributed by atoms with Crippen molar-refractivity contribution in [2.24, 2.45) is 0 Å². The van der Waals surface area contributed by atoms with E-state index in [0.717, 1.165) is 43.5 Å². The van der Waals surface area contributed by atoms with E-state index >= 15 is 0 Å². The van der Waals surface area contributed by atoms with Gasteiger partial charge in [0.1, 0.15) is 6.33 Å². The zero-order chi connectivity index (χ0) is 29.7. The maximum atomic E-state index is 6.16. The molecule has 220 valence electrons. The molecule has 9 heteroatoms. The first-order chi connectivity index (χ1) is 21.7. The van der Waals surface area contributed by atoms with Crippen LogP contribution in [0, 0.1) is 0 Å². The van der Waals surface area contributed by atoms with Crippen LogP contribution in [0.2, 0.25) is 0 Å². The van der Waals surface area contributed by atoms with Crippen LogP contribution < -0.4 is 20.9 Å². The van der Waals surface area contributed by atoms with Gasteiger partial charge in [-0.1, -0.05) is 66.7 Å². The number of anilines is 5. The van der Waals surface area contributed by atoms with E-state index in [2.05, 4.69) is 87.9 Å². The molecule has 1 fully saturated rings. The Labute approximate surface area is 256 Å². The number of aromatic nitrogens is 4. The van der Waals surface area contributed by atoms with Crippen LogP contribution in [0.5, 0.6) is 0 Å². The van der Waals surface area contributed by atoms with Gasteiger partial charge >= 0.3 is 0 Å². The van der Waals surface area contributed by atoms with Crippen LogP contribution in [0.1, 0.15) is 11.1 Å². The fourth-order valence-corrected chi connectivity index (χ4v) is 5.54. The summed E-state index contributed by atoms with van der Waals surface area (Å²) < 4.78 is 7.48. The van der Waals surface area contributed by atoms with Gasteiger partial charge in [0.05, 0.1) is 18.9 Å². The van der Waals surface area contributed by atoms with Gasteiger partial charge in [-0.2, -0.15) is 9.97 Å². The molecule has 7 rings (SSSR count). The number of nitrogens with zero attached hydrogens (tertiary/aromatic N) is 6. The molecule has 1 aliphatic heterocycles. The number of fused-ring (bicyclic) bond motifs is 1. The molecule has 1 saturated heterocycles. The van der Waals surface area contributed by atoms with Gasteiger partial charge in [-0.3, -0.25) is 4.57 Å². The summed E-state index contributed by atoms with van der Waals surface area (Å²) in [5.74, 6) is 1.24. The van der Waals surface area contributed by atoms with Crippen molar-refractivity contribution >= 4 is 40.0 Å². The highest BCUT2D eigenvalue weighted by molar-refractivity contribution is 5.86. The molecule has 0 amide bonds. The van der Waals surface area contributed by atoms with E-state index in [1.165, 1.54) is 16.8 Å². The van der Waals surface area contributed by atoms with Crippen LogP contribution >= 0.6 is 0 Å². The van der Waals surface area contributed by atoms with Gasteiger partial charge in [0.25, 0.3) is 0 Å². The number of rotatable bonds is 9. The molecule has 3 N–H and O–H groups in total. The van der Waals surface area contributed by atoms with Crippen LogP contribution in [-0.4, -0.2) is 45.8 Å². The number of nitrogens with one attached hydrogen (secondary N) is 1. The summed E-state index contributed by atoms with van der Waals surface area (Å²) in [4.78, 5) is 19.5. The topological polar surface area (TPSA) is 97.4 Å². The summed E-state index contributed by atoms with van der Waals surface area (Å²) in [6, 6.07) is 37.0. The van der Waals surface area contributed by atoms with Gasteiger partial charge < -0.3 is 25.6 Å². The Morgan fingerprint density at radius 3 is 2.09 bits per heavy atom. The molecule has 0 atom stereocenters. The average molecular weight is 583 g/mol. The fraction of sp³-hybridized carbons (Fsp3) is 0.171. The number of hydrogen-bond donors (Lipinski definition) is 2. The van der Waals surface area contributed by atoms with Gasteiger partial charge in [0.15, 0.2) is 17.0 Å². The lowest BCUT2D eigenvalue weighted by Crippen LogP contribution is -2.36. The second-order valence-corrected chi connectivity index (χ2v) is 10.9. The van der Waals surface area contributed by atoms with Crippen LogP contribution in [0.15, 0.2) is 116 Å². The van der Waals surface area contributed by atoms with E-state index in [4.69, 9.17) is 25.4 Å². The van der Waals surface area contributed by atoms with Gasteiger partial charge in [0.2, 0.25) is 5.95 Å². The second-order valence-electron chi connectivity index (χ2n) is 10.9. The Balaban J connectivity index is 1.31. The SMILES string of the molecule is Nc1cccc(-n2cnc3c(N(Cc4ccccc4)Cc4ccccc4)nc(Nc4ccc(N5CCOCC5)cc4)nc32)c1. The van der Waals surface area contributed by atoms with E-state index in [1.807, 2.05) is 41.0 Å². The Bertz CT molecular complexity index is 1790. The first-order valence-electron chi connectivity index (χ1n) is 14.8. The summed E-state index contributed by atoms with van der Waals surface area (Å²) in [6.07, 6.45) is 1.79. The predicted molar refractivity (Wildman–Crippen MR) is 177 cm³/mol. The minimum atomic E-state index is 0.489. The van der Waals surface area contributed by atoms with Crippen molar-refractivity contribution in [3.05, 3.63) is 127 Å². The number of imidazole rings is 1. The molecule has 3 heterocycles. The highest BCUT2D eigenvalue weighted by Crippen LogP contribution is 2.30. The second kappa shape index (κ2) is 12.4. The minimum Gasteiger partial charge on any atom is -0.399 e. The normalized spacial score (nSPS) is 13.2. The summed E-state index contributed by atoms with van der Waals surface area (Å²) in [7, 11) is 0. The van der Waals surface area contributed by atoms with Crippen molar-refractivity contribution in [2.45, 2.75) is 13.1 Å². The van der Waals surface area contributed by atoms with Crippen molar-refractivity contribution in [1.29, 1.82) is 0 Å². The van der Waals surface area contributed by atoms with E-state index < -0.39 is 0 Å². The van der Waals surface area contributed by atoms with Crippen LogP contribution in [0.3, 0.4) is 0 Å². The molecular formula is C35H34N8O. The molecule has 0 aliphatic carbocycles. The van der Waals surface area contributed by atoms with Gasteiger partial charge in [-0.05, 0) is 53.6 Å². The van der Waals surface area contributed by atoms with E-state index in [9.17, 15) is 0 Å². The largest absolute Gasteiger partial charge is 0.399 e. The molecule has 0 saturated carbocycles. The monoisotopic (exact) mass is 582 g/mol. The lowest BCUT2D eigenvalue weighted by atomic mass is 10.1. The molecule has 6 aromatic rings. The summed E-state index contributed by atoms with van der Waals surface area (Å²) in [5.41, 5.74) is 13.6. The number of ether oxygens (including phenoxy) is 1. The Morgan fingerprint density at radius 1 is 0.750 bits per heavy atom. The minimum absolute atomic E-state index is 0.489. The Morgan fingerprint density at radius 2 is 1.43 bits per heavy atom. The quantitative estimate of drug-likeness (QED) is 0.195. The van der Waals surface area contributed by atoms with Crippen molar-refractivity contribution in [1.82, 2.24) is 19.5 Å². The van der Waals surface area contributed by atoms with E-state index in [1.54, 1.807) is 6.33 Å². The molecule has 0 spiro atoms. The maximum absolute atomic E-state index is 6.16. The first-order valence-corrected chi connectivity index (χ1v) is 14.8. The lowest BCUT2D eigenvalue weighted by Gasteiger charge is -2.29. The van der Waals surface area contributed by atoms with Gasteiger partial charge in [0, 0.05) is 43.2 Å². The van der Waals surface area contributed by atoms with E-state index in [-0.39, 0.29) is 0 Å². The van der Waals surface area contributed by atoms with Crippen molar-refractivity contribution in [2.75, 3.05) is 47.2 Å². The molecule has 2 aromatic heterocycles. The molecule has 4 aromatic carbocycles. The Kier molecular flexibility index (Phi) is 7.76. The molecule has 44 heavy (non-hydrogen) atoms. The summed E-state index contributed by atoms with van der Waals surface area (Å²) in [5, 5.41) is 3.47. The average Bonchev–Trinajstić information content (AvgIpc) is 3.50. The predicted octanol–water partition coefficient (Wildman–Crippen LogP) is 6.18. The Hall–Kier alpha value is -5.41. The van der Waals surface area contributed by atoms with Crippen molar-refractivity contribution < 1.29 is 4.74 Å². The molecule has 9 nitrogen and oxygen atoms in total. The van der Waals surface area contributed by atoms with Gasteiger partial charge in [-0.15, -0.1) is 0 Å². The standard InChI is InChI=1S/C35H34N8O/c36-28-12-7-13-31(22-28)43-25-37-32-33(42(23-26-8-3-1-4-9-26)24-27-10-5-2-6-11-27)39-35(40-34(32)43)38-29-14-16-30(17-15-29)41-18-20-44-21-19-41/h1-17,22,25H,18-21,23-24,36H2,(H,38,39,40). The van der Waals surface area contributed by atoms with Crippen LogP contribution in [-0.2, 0) is 17.8 Å². The number of nitrogens with two attached hydrogens (primary N) is 1. The molecule has 0 unspecified atom stereocenters. The first kappa shape index (κ1) is 27.4. The number of morpholine rings is 1. The van der Waals surface area contributed by atoms with Crippen molar-refractivity contribution in [3.8, 4) is 5.69 Å².